The Bertz CT molecular complexity index is 618. The number of anilines is 1. The lowest BCUT2D eigenvalue weighted by Gasteiger charge is -2.34. The highest BCUT2D eigenvalue weighted by Gasteiger charge is 2.23. The molecule has 0 saturated heterocycles. The van der Waals surface area contributed by atoms with Crippen LogP contribution in [0.3, 0.4) is 0 Å². The fourth-order valence-electron chi connectivity index (χ4n) is 2.64. The van der Waals surface area contributed by atoms with E-state index in [0.29, 0.717) is 11.2 Å². The highest BCUT2D eigenvalue weighted by Crippen LogP contribution is 2.27. The fraction of sp³-hybridized carbons (Fsp3) is 0.429. The molecule has 0 saturated carbocycles. The number of fused-ring (bicyclic) bond motifs is 1. The van der Waals surface area contributed by atoms with E-state index in [1.54, 1.807) is 0 Å². The van der Waals surface area contributed by atoms with Crippen LogP contribution in [0, 0.1) is 0 Å². The summed E-state index contributed by atoms with van der Waals surface area (Å²) >= 11 is 1.48. The molecule has 1 aliphatic heterocycles. The van der Waals surface area contributed by atoms with Crippen LogP contribution >= 0.6 is 11.3 Å². The van der Waals surface area contributed by atoms with Crippen LogP contribution in [0.25, 0.3) is 0 Å². The number of thiazole rings is 1. The second-order valence-corrected chi connectivity index (χ2v) is 5.96. The van der Waals surface area contributed by atoms with Gasteiger partial charge in [0.05, 0.1) is 5.69 Å². The SMILES string of the molecule is CC(=O)Nc1nc(CN2CCn3cccc3[C@H]2C)cs1. The number of hydrogen-bond donors (Lipinski definition) is 1. The van der Waals surface area contributed by atoms with Gasteiger partial charge in [-0.2, -0.15) is 0 Å². The van der Waals surface area contributed by atoms with Crippen molar-refractivity contribution in [3.05, 3.63) is 35.1 Å². The van der Waals surface area contributed by atoms with Gasteiger partial charge in [0.25, 0.3) is 0 Å². The highest BCUT2D eigenvalue weighted by atomic mass is 32.1. The van der Waals surface area contributed by atoms with E-state index in [2.05, 4.69) is 45.0 Å². The number of nitrogens with zero attached hydrogens (tertiary/aromatic N) is 3. The molecular weight excluding hydrogens is 272 g/mol. The number of nitrogens with one attached hydrogen (secondary N) is 1. The summed E-state index contributed by atoms with van der Waals surface area (Å²) in [7, 11) is 0. The molecule has 3 rings (SSSR count). The number of carbonyl (C=O) groups is 1. The Morgan fingerprint density at radius 1 is 1.55 bits per heavy atom. The fourth-order valence-corrected chi connectivity index (χ4v) is 3.39. The van der Waals surface area contributed by atoms with E-state index in [-0.39, 0.29) is 5.91 Å². The van der Waals surface area contributed by atoms with E-state index < -0.39 is 0 Å². The van der Waals surface area contributed by atoms with Gasteiger partial charge in [-0.05, 0) is 19.1 Å². The van der Waals surface area contributed by atoms with Crippen LogP contribution in [-0.4, -0.2) is 26.9 Å². The van der Waals surface area contributed by atoms with Crippen LogP contribution in [0.15, 0.2) is 23.7 Å². The smallest absolute Gasteiger partial charge is 0.223 e. The Kier molecular flexibility index (Phi) is 3.58. The molecule has 5 nitrogen and oxygen atoms in total. The summed E-state index contributed by atoms with van der Waals surface area (Å²) in [6.07, 6.45) is 2.14. The molecule has 0 fully saturated rings. The van der Waals surface area contributed by atoms with Gasteiger partial charge in [0.1, 0.15) is 0 Å². The Morgan fingerprint density at radius 3 is 3.20 bits per heavy atom. The van der Waals surface area contributed by atoms with Crippen molar-refractivity contribution in [2.45, 2.75) is 33.0 Å². The molecule has 1 N–H and O–H groups in total. The molecule has 0 aliphatic carbocycles. The number of rotatable bonds is 3. The standard InChI is InChI=1S/C14H18N4OS/c1-10-13-4-3-5-17(13)6-7-18(10)8-12-9-20-14(16-12)15-11(2)19/h3-5,9-10H,6-8H2,1-2H3,(H,15,16,19)/t10-/m1/s1. The van der Waals surface area contributed by atoms with Crippen molar-refractivity contribution in [3.63, 3.8) is 0 Å². The highest BCUT2D eigenvalue weighted by molar-refractivity contribution is 7.13. The van der Waals surface area contributed by atoms with Gasteiger partial charge < -0.3 is 9.88 Å². The normalized spacial score (nSPS) is 18.8. The van der Waals surface area contributed by atoms with Crippen molar-refractivity contribution in [1.29, 1.82) is 0 Å². The van der Waals surface area contributed by atoms with Crippen LogP contribution in [0.1, 0.15) is 31.3 Å². The minimum Gasteiger partial charge on any atom is -0.349 e. The zero-order chi connectivity index (χ0) is 14.1. The van der Waals surface area contributed by atoms with Crippen LogP contribution in [0.4, 0.5) is 5.13 Å². The van der Waals surface area contributed by atoms with Gasteiger partial charge >= 0.3 is 0 Å². The molecule has 3 heterocycles. The molecule has 0 radical (unpaired) electrons. The first-order valence-corrected chi connectivity index (χ1v) is 7.62. The van der Waals surface area contributed by atoms with Crippen LogP contribution in [0.5, 0.6) is 0 Å². The molecule has 1 atom stereocenters. The van der Waals surface area contributed by atoms with Crippen molar-refractivity contribution in [3.8, 4) is 0 Å². The first kappa shape index (κ1) is 13.3. The van der Waals surface area contributed by atoms with Crippen molar-refractivity contribution in [1.82, 2.24) is 14.5 Å². The Morgan fingerprint density at radius 2 is 2.40 bits per heavy atom. The predicted molar refractivity (Wildman–Crippen MR) is 79.7 cm³/mol. The Hall–Kier alpha value is -1.66. The second kappa shape index (κ2) is 5.38. The molecule has 2 aromatic heterocycles. The first-order chi connectivity index (χ1) is 9.63. The molecular formula is C14H18N4OS. The maximum atomic E-state index is 11.0. The molecule has 6 heteroatoms. The predicted octanol–water partition coefficient (Wildman–Crippen LogP) is 2.48. The summed E-state index contributed by atoms with van der Waals surface area (Å²) in [6, 6.07) is 4.68. The van der Waals surface area contributed by atoms with E-state index in [0.717, 1.165) is 25.3 Å². The third-order valence-electron chi connectivity index (χ3n) is 3.67. The van der Waals surface area contributed by atoms with E-state index >= 15 is 0 Å². The van der Waals surface area contributed by atoms with Crippen molar-refractivity contribution in [2.24, 2.45) is 0 Å². The molecule has 0 bridgehead atoms. The summed E-state index contributed by atoms with van der Waals surface area (Å²) in [5, 5.41) is 5.43. The topological polar surface area (TPSA) is 50.2 Å². The summed E-state index contributed by atoms with van der Waals surface area (Å²) < 4.78 is 2.31. The summed E-state index contributed by atoms with van der Waals surface area (Å²) in [5.41, 5.74) is 2.37. The minimum atomic E-state index is -0.0740. The lowest BCUT2D eigenvalue weighted by Crippen LogP contribution is -2.35. The van der Waals surface area contributed by atoms with Crippen LogP contribution in [-0.2, 0) is 17.9 Å². The van der Waals surface area contributed by atoms with Crippen molar-refractivity contribution in [2.75, 3.05) is 11.9 Å². The van der Waals surface area contributed by atoms with Gasteiger partial charge in [-0.3, -0.25) is 9.69 Å². The summed E-state index contributed by atoms with van der Waals surface area (Å²) in [4.78, 5) is 17.9. The minimum absolute atomic E-state index is 0.0740. The van der Waals surface area contributed by atoms with Crippen molar-refractivity contribution < 1.29 is 4.79 Å². The van der Waals surface area contributed by atoms with E-state index in [4.69, 9.17) is 0 Å². The lowest BCUT2D eigenvalue weighted by molar-refractivity contribution is -0.114. The number of carbonyl (C=O) groups excluding carboxylic acids is 1. The summed E-state index contributed by atoms with van der Waals surface area (Å²) in [6.45, 7) is 6.60. The largest absolute Gasteiger partial charge is 0.349 e. The average Bonchev–Trinajstić information content (AvgIpc) is 3.01. The van der Waals surface area contributed by atoms with Crippen molar-refractivity contribution >= 4 is 22.4 Å². The Labute approximate surface area is 122 Å². The number of amides is 1. The summed E-state index contributed by atoms with van der Waals surface area (Å²) in [5.74, 6) is -0.0740. The molecule has 2 aromatic rings. The monoisotopic (exact) mass is 290 g/mol. The average molecular weight is 290 g/mol. The van der Waals surface area contributed by atoms with Gasteiger partial charge in [-0.25, -0.2) is 4.98 Å². The maximum absolute atomic E-state index is 11.0. The zero-order valence-corrected chi connectivity index (χ0v) is 12.5. The van der Waals surface area contributed by atoms with Gasteiger partial charge in [-0.15, -0.1) is 11.3 Å². The Balaban J connectivity index is 1.69. The first-order valence-electron chi connectivity index (χ1n) is 6.74. The number of aromatic nitrogens is 2. The van der Waals surface area contributed by atoms with E-state index in [1.165, 1.54) is 24.0 Å². The van der Waals surface area contributed by atoms with Gasteiger partial charge in [0, 0.05) is 49.9 Å². The van der Waals surface area contributed by atoms with Gasteiger partial charge in [0.2, 0.25) is 5.91 Å². The lowest BCUT2D eigenvalue weighted by atomic mass is 10.1. The zero-order valence-electron chi connectivity index (χ0n) is 11.7. The maximum Gasteiger partial charge on any atom is 0.223 e. The number of hydrogen-bond acceptors (Lipinski definition) is 4. The third-order valence-corrected chi connectivity index (χ3v) is 4.47. The molecule has 106 valence electrons. The van der Waals surface area contributed by atoms with Crippen LogP contribution < -0.4 is 5.32 Å². The molecule has 20 heavy (non-hydrogen) atoms. The van der Waals surface area contributed by atoms with Gasteiger partial charge in [-0.1, -0.05) is 0 Å². The second-order valence-electron chi connectivity index (χ2n) is 5.10. The van der Waals surface area contributed by atoms with Gasteiger partial charge in [0.15, 0.2) is 5.13 Å². The molecule has 1 amide bonds. The quantitative estimate of drug-likeness (QED) is 0.945. The van der Waals surface area contributed by atoms with E-state index in [9.17, 15) is 4.79 Å². The molecule has 0 spiro atoms. The molecule has 1 aliphatic rings. The molecule has 0 aromatic carbocycles. The van der Waals surface area contributed by atoms with Crippen LogP contribution in [0.2, 0.25) is 0 Å². The van der Waals surface area contributed by atoms with E-state index in [1.807, 2.05) is 5.38 Å². The third kappa shape index (κ3) is 2.62. The molecule has 0 unspecified atom stereocenters.